The Morgan fingerprint density at radius 2 is 1.86 bits per heavy atom. The van der Waals surface area contributed by atoms with Gasteiger partial charge in [-0.05, 0) is 24.3 Å². The molecule has 0 radical (unpaired) electrons. The molecule has 0 saturated carbocycles. The summed E-state index contributed by atoms with van der Waals surface area (Å²) >= 11 is 10.7. The molecule has 1 aromatic rings. The number of carbonyl (C=O) groups is 2. The van der Waals surface area contributed by atoms with Crippen molar-refractivity contribution in [1.29, 1.82) is 0 Å². The zero-order valence-electron chi connectivity index (χ0n) is 7.04. The highest BCUT2D eigenvalue weighted by Crippen LogP contribution is 2.11. The Labute approximate surface area is 91.0 Å². The minimum atomic E-state index is -1.10. The zero-order valence-corrected chi connectivity index (χ0v) is 8.55. The molecule has 14 heavy (non-hydrogen) atoms. The number of benzene rings is 1. The molecule has 0 unspecified atom stereocenters. The van der Waals surface area contributed by atoms with Crippen LogP contribution in [0.5, 0.6) is 0 Å². The van der Waals surface area contributed by atoms with Gasteiger partial charge in [0.05, 0.1) is 0 Å². The van der Waals surface area contributed by atoms with Gasteiger partial charge in [-0.3, -0.25) is 9.59 Å². The number of rotatable bonds is 3. The van der Waals surface area contributed by atoms with Crippen molar-refractivity contribution in [1.82, 2.24) is 0 Å². The standard InChI is InChI=1S/C9H7Cl2NO2/c10-8(11)9(14)12-7-3-1-6(5-13)2-4-7/h1-5,8H,(H,12,14). The Kier molecular flexibility index (Phi) is 3.92. The highest BCUT2D eigenvalue weighted by molar-refractivity contribution is 6.54. The third-order valence-electron chi connectivity index (χ3n) is 1.51. The molecular weight excluding hydrogens is 225 g/mol. The van der Waals surface area contributed by atoms with Crippen molar-refractivity contribution in [3.05, 3.63) is 29.8 Å². The van der Waals surface area contributed by atoms with Gasteiger partial charge in [0.1, 0.15) is 6.29 Å². The van der Waals surface area contributed by atoms with Crippen molar-refractivity contribution in [2.24, 2.45) is 0 Å². The molecule has 0 atom stereocenters. The third kappa shape index (κ3) is 3.01. The second kappa shape index (κ2) is 4.98. The minimum absolute atomic E-state index is 0.493. The largest absolute Gasteiger partial charge is 0.324 e. The number of amides is 1. The smallest absolute Gasteiger partial charge is 0.257 e. The summed E-state index contributed by atoms with van der Waals surface area (Å²) in [5, 5.41) is 2.47. The van der Waals surface area contributed by atoms with Crippen LogP contribution in [0.3, 0.4) is 0 Å². The van der Waals surface area contributed by atoms with Crippen LogP contribution in [0.2, 0.25) is 0 Å². The first-order valence-electron chi connectivity index (χ1n) is 3.77. The highest BCUT2D eigenvalue weighted by atomic mass is 35.5. The van der Waals surface area contributed by atoms with Crippen molar-refractivity contribution < 1.29 is 9.59 Å². The molecule has 1 aromatic carbocycles. The van der Waals surface area contributed by atoms with Crippen LogP contribution in [0.1, 0.15) is 10.4 Å². The van der Waals surface area contributed by atoms with E-state index in [4.69, 9.17) is 23.2 Å². The maximum atomic E-state index is 11.0. The second-order valence-electron chi connectivity index (χ2n) is 2.53. The first-order valence-corrected chi connectivity index (χ1v) is 4.65. The predicted octanol–water partition coefficient (Wildman–Crippen LogP) is 2.24. The fourth-order valence-electron chi connectivity index (χ4n) is 0.842. The highest BCUT2D eigenvalue weighted by Gasteiger charge is 2.10. The number of anilines is 1. The lowest BCUT2D eigenvalue weighted by Gasteiger charge is -2.04. The van der Waals surface area contributed by atoms with Crippen LogP contribution in [0, 0.1) is 0 Å². The van der Waals surface area contributed by atoms with Gasteiger partial charge in [0.15, 0.2) is 4.84 Å². The molecule has 0 aromatic heterocycles. The van der Waals surface area contributed by atoms with Crippen molar-refractivity contribution >= 4 is 41.1 Å². The average molecular weight is 232 g/mol. The number of carbonyl (C=O) groups excluding carboxylic acids is 2. The molecular formula is C9H7Cl2NO2. The molecule has 1 amide bonds. The van der Waals surface area contributed by atoms with E-state index in [9.17, 15) is 9.59 Å². The molecule has 0 aliphatic rings. The summed E-state index contributed by atoms with van der Waals surface area (Å²) < 4.78 is 0. The zero-order chi connectivity index (χ0) is 10.6. The molecule has 0 aliphatic heterocycles. The van der Waals surface area contributed by atoms with E-state index in [1.165, 1.54) is 0 Å². The van der Waals surface area contributed by atoms with E-state index >= 15 is 0 Å². The SMILES string of the molecule is O=Cc1ccc(NC(=O)C(Cl)Cl)cc1. The number of nitrogens with one attached hydrogen (secondary N) is 1. The van der Waals surface area contributed by atoms with Crippen LogP contribution < -0.4 is 5.32 Å². The number of aldehydes is 1. The lowest BCUT2D eigenvalue weighted by atomic mass is 10.2. The molecule has 3 nitrogen and oxygen atoms in total. The van der Waals surface area contributed by atoms with E-state index < -0.39 is 10.7 Å². The molecule has 0 bridgehead atoms. The second-order valence-corrected chi connectivity index (χ2v) is 3.63. The topological polar surface area (TPSA) is 46.2 Å². The van der Waals surface area contributed by atoms with Gasteiger partial charge in [-0.25, -0.2) is 0 Å². The van der Waals surface area contributed by atoms with Gasteiger partial charge >= 0.3 is 0 Å². The molecule has 0 fully saturated rings. The first-order chi connectivity index (χ1) is 6.63. The maximum Gasteiger partial charge on any atom is 0.257 e. The van der Waals surface area contributed by atoms with Crippen molar-refractivity contribution in [3.63, 3.8) is 0 Å². The van der Waals surface area contributed by atoms with Crippen LogP contribution in [-0.4, -0.2) is 17.0 Å². The normalized spacial score (nSPS) is 9.93. The number of hydrogen-bond acceptors (Lipinski definition) is 2. The molecule has 1 rings (SSSR count). The summed E-state index contributed by atoms with van der Waals surface area (Å²) in [6, 6.07) is 6.36. The Balaban J connectivity index is 2.69. The fourth-order valence-corrected chi connectivity index (χ4v) is 0.951. The van der Waals surface area contributed by atoms with Crippen LogP contribution in [0.25, 0.3) is 0 Å². The van der Waals surface area contributed by atoms with Crippen molar-refractivity contribution in [3.8, 4) is 0 Å². The van der Waals surface area contributed by atoms with E-state index in [1.54, 1.807) is 24.3 Å². The number of hydrogen-bond donors (Lipinski definition) is 1. The Morgan fingerprint density at radius 1 is 1.29 bits per heavy atom. The van der Waals surface area contributed by atoms with Gasteiger partial charge < -0.3 is 5.32 Å². The van der Waals surface area contributed by atoms with Crippen LogP contribution >= 0.6 is 23.2 Å². The monoisotopic (exact) mass is 231 g/mol. The van der Waals surface area contributed by atoms with Gasteiger partial charge in [-0.15, -0.1) is 0 Å². The van der Waals surface area contributed by atoms with Crippen LogP contribution in [0.4, 0.5) is 5.69 Å². The van der Waals surface area contributed by atoms with Gasteiger partial charge in [0.2, 0.25) is 0 Å². The molecule has 0 heterocycles. The minimum Gasteiger partial charge on any atom is -0.324 e. The predicted molar refractivity (Wildman–Crippen MR) is 56.0 cm³/mol. The van der Waals surface area contributed by atoms with Gasteiger partial charge in [0, 0.05) is 11.3 Å². The van der Waals surface area contributed by atoms with Crippen molar-refractivity contribution in [2.75, 3.05) is 5.32 Å². The molecule has 1 N–H and O–H groups in total. The third-order valence-corrected chi connectivity index (χ3v) is 1.91. The Morgan fingerprint density at radius 3 is 2.29 bits per heavy atom. The summed E-state index contributed by atoms with van der Waals surface area (Å²) in [6.07, 6.45) is 0.720. The molecule has 0 aliphatic carbocycles. The molecule has 0 spiro atoms. The van der Waals surface area contributed by atoms with Gasteiger partial charge in [-0.2, -0.15) is 0 Å². The lowest BCUT2D eigenvalue weighted by molar-refractivity contribution is -0.114. The summed E-state index contributed by atoms with van der Waals surface area (Å²) in [5.74, 6) is -0.493. The van der Waals surface area contributed by atoms with Crippen molar-refractivity contribution in [2.45, 2.75) is 4.84 Å². The molecule has 5 heteroatoms. The fraction of sp³-hybridized carbons (Fsp3) is 0.111. The van der Waals surface area contributed by atoms with Crippen LogP contribution in [0.15, 0.2) is 24.3 Å². The number of alkyl halides is 2. The number of halogens is 2. The van der Waals surface area contributed by atoms with E-state index in [0.29, 0.717) is 11.3 Å². The lowest BCUT2D eigenvalue weighted by Crippen LogP contribution is -2.18. The van der Waals surface area contributed by atoms with Gasteiger partial charge in [0.25, 0.3) is 5.91 Å². The molecule has 74 valence electrons. The first kappa shape index (κ1) is 11.0. The maximum absolute atomic E-state index is 11.0. The van der Waals surface area contributed by atoms with E-state index in [0.717, 1.165) is 6.29 Å². The van der Waals surface area contributed by atoms with Crippen LogP contribution in [-0.2, 0) is 4.79 Å². The molecule has 0 saturated heterocycles. The summed E-state index contributed by atoms with van der Waals surface area (Å²) in [6.45, 7) is 0. The van der Waals surface area contributed by atoms with E-state index in [-0.39, 0.29) is 0 Å². The quantitative estimate of drug-likeness (QED) is 0.641. The summed E-state index contributed by atoms with van der Waals surface area (Å²) in [7, 11) is 0. The average Bonchev–Trinajstić information content (AvgIpc) is 2.19. The Bertz CT molecular complexity index is 335. The summed E-state index contributed by atoms with van der Waals surface area (Å²) in [5.41, 5.74) is 1.09. The van der Waals surface area contributed by atoms with E-state index in [1.807, 2.05) is 0 Å². The Hall–Kier alpha value is -1.06. The van der Waals surface area contributed by atoms with Gasteiger partial charge in [-0.1, -0.05) is 23.2 Å². The summed E-state index contributed by atoms with van der Waals surface area (Å²) in [4.78, 5) is 20.2. The van der Waals surface area contributed by atoms with E-state index in [2.05, 4.69) is 5.32 Å².